The Hall–Kier alpha value is -3.97. The summed E-state index contributed by atoms with van der Waals surface area (Å²) in [5.41, 5.74) is 8.78. The summed E-state index contributed by atoms with van der Waals surface area (Å²) in [5, 5.41) is 13.5. The summed E-state index contributed by atoms with van der Waals surface area (Å²) in [7, 11) is 0. The van der Waals surface area contributed by atoms with E-state index in [-0.39, 0.29) is 17.6 Å². The Morgan fingerprint density at radius 1 is 0.944 bits per heavy atom. The molecule has 2 N–H and O–H groups in total. The van der Waals surface area contributed by atoms with E-state index in [0.29, 0.717) is 5.11 Å². The van der Waals surface area contributed by atoms with Crippen molar-refractivity contribution >= 4 is 29.0 Å². The Bertz CT molecular complexity index is 1440. The van der Waals surface area contributed by atoms with E-state index in [1.54, 1.807) is 12.1 Å². The standard InChI is InChI=1S/C29H28N4O2S/c1-17-13-18(2)15-23(14-17)33-27(26(31-29(33)36)25-7-5-6-12-30-25)24-16-19(3)32(20(24)4)22-10-8-21(9-11-22)28(34)35/h5-16,26-27H,1-4H3,(H,31,36)(H,34,35)/t26-,27-/m0/s1. The van der Waals surface area contributed by atoms with Gasteiger partial charge in [-0.05, 0) is 111 Å². The van der Waals surface area contributed by atoms with Crippen LogP contribution in [0.15, 0.2) is 72.9 Å². The highest BCUT2D eigenvalue weighted by atomic mass is 32.1. The Labute approximate surface area is 216 Å². The molecule has 182 valence electrons. The van der Waals surface area contributed by atoms with E-state index in [2.05, 4.69) is 71.7 Å². The molecule has 5 rings (SSSR count). The van der Waals surface area contributed by atoms with Crippen LogP contribution in [0.3, 0.4) is 0 Å². The summed E-state index contributed by atoms with van der Waals surface area (Å²) in [6, 6.07) is 21.4. The second-order valence-corrected chi connectivity index (χ2v) is 9.74. The molecule has 36 heavy (non-hydrogen) atoms. The third-order valence-electron chi connectivity index (χ3n) is 6.74. The van der Waals surface area contributed by atoms with Crippen molar-refractivity contribution in [2.75, 3.05) is 4.90 Å². The van der Waals surface area contributed by atoms with Gasteiger partial charge in [-0.1, -0.05) is 12.1 Å². The predicted molar refractivity (Wildman–Crippen MR) is 146 cm³/mol. The van der Waals surface area contributed by atoms with Gasteiger partial charge in [0.2, 0.25) is 0 Å². The third kappa shape index (κ3) is 4.16. The fourth-order valence-electron chi connectivity index (χ4n) is 5.28. The molecule has 0 bridgehead atoms. The molecule has 3 heterocycles. The third-order valence-corrected chi connectivity index (χ3v) is 7.06. The summed E-state index contributed by atoms with van der Waals surface area (Å²) in [6.45, 7) is 8.37. The normalized spacial score (nSPS) is 17.3. The predicted octanol–water partition coefficient (Wildman–Crippen LogP) is 5.98. The zero-order valence-electron chi connectivity index (χ0n) is 20.7. The number of pyridine rings is 1. The number of thiocarbonyl (C=S) groups is 1. The molecule has 2 aromatic heterocycles. The average Bonchev–Trinajstić information content (AvgIpc) is 3.34. The zero-order chi connectivity index (χ0) is 25.6. The van der Waals surface area contributed by atoms with Gasteiger partial charge < -0.3 is 19.9 Å². The molecule has 0 spiro atoms. The van der Waals surface area contributed by atoms with Crippen molar-refractivity contribution in [2.24, 2.45) is 0 Å². The van der Waals surface area contributed by atoms with Crippen LogP contribution in [0.4, 0.5) is 5.69 Å². The Kier molecular flexibility index (Phi) is 6.10. The second kappa shape index (κ2) is 9.24. The lowest BCUT2D eigenvalue weighted by Gasteiger charge is -2.29. The molecule has 0 saturated carbocycles. The molecule has 0 radical (unpaired) electrons. The molecule has 0 unspecified atom stereocenters. The topological polar surface area (TPSA) is 70.4 Å². The minimum absolute atomic E-state index is 0.119. The van der Waals surface area contributed by atoms with Crippen LogP contribution in [-0.4, -0.2) is 25.7 Å². The largest absolute Gasteiger partial charge is 0.478 e. The van der Waals surface area contributed by atoms with Crippen molar-refractivity contribution in [3.63, 3.8) is 0 Å². The fraction of sp³-hybridized carbons (Fsp3) is 0.207. The molecule has 1 aliphatic heterocycles. The molecule has 6 nitrogen and oxygen atoms in total. The van der Waals surface area contributed by atoms with Crippen molar-refractivity contribution in [2.45, 2.75) is 39.8 Å². The molecule has 1 saturated heterocycles. The summed E-state index contributed by atoms with van der Waals surface area (Å²) in [4.78, 5) is 18.2. The van der Waals surface area contributed by atoms with E-state index in [0.717, 1.165) is 34.0 Å². The molecule has 7 heteroatoms. The average molecular weight is 497 g/mol. The molecule has 1 aliphatic rings. The lowest BCUT2D eigenvalue weighted by Crippen LogP contribution is -2.29. The van der Waals surface area contributed by atoms with E-state index in [1.807, 2.05) is 36.5 Å². The molecular weight excluding hydrogens is 468 g/mol. The number of hydrogen-bond acceptors (Lipinski definition) is 3. The number of benzene rings is 2. The first-order valence-corrected chi connectivity index (χ1v) is 12.3. The van der Waals surface area contributed by atoms with Crippen LogP contribution in [0.25, 0.3) is 5.69 Å². The zero-order valence-corrected chi connectivity index (χ0v) is 21.5. The Balaban J connectivity index is 1.67. The number of rotatable bonds is 5. The number of hydrogen-bond donors (Lipinski definition) is 2. The maximum absolute atomic E-state index is 11.3. The van der Waals surface area contributed by atoms with Gasteiger partial charge in [-0.25, -0.2) is 4.79 Å². The van der Waals surface area contributed by atoms with Gasteiger partial charge in [0, 0.05) is 29.0 Å². The quantitative estimate of drug-likeness (QED) is 0.331. The van der Waals surface area contributed by atoms with Crippen LogP contribution >= 0.6 is 12.2 Å². The van der Waals surface area contributed by atoms with Crippen molar-refractivity contribution in [3.8, 4) is 5.69 Å². The van der Waals surface area contributed by atoms with Crippen LogP contribution in [0.1, 0.15) is 56.2 Å². The van der Waals surface area contributed by atoms with Gasteiger partial charge in [-0.3, -0.25) is 4.98 Å². The Morgan fingerprint density at radius 2 is 1.64 bits per heavy atom. The highest BCUT2D eigenvalue weighted by Crippen LogP contribution is 2.44. The molecule has 4 aromatic rings. The lowest BCUT2D eigenvalue weighted by molar-refractivity contribution is 0.0697. The van der Waals surface area contributed by atoms with E-state index in [4.69, 9.17) is 12.2 Å². The molecule has 0 aliphatic carbocycles. The smallest absolute Gasteiger partial charge is 0.335 e. The van der Waals surface area contributed by atoms with Crippen molar-refractivity contribution < 1.29 is 9.90 Å². The maximum Gasteiger partial charge on any atom is 0.335 e. The minimum Gasteiger partial charge on any atom is -0.478 e. The molecule has 0 amide bonds. The van der Waals surface area contributed by atoms with Gasteiger partial charge in [-0.2, -0.15) is 0 Å². The lowest BCUT2D eigenvalue weighted by atomic mass is 9.96. The first kappa shape index (κ1) is 23.8. The minimum atomic E-state index is -0.934. The summed E-state index contributed by atoms with van der Waals surface area (Å²) >= 11 is 5.90. The first-order chi connectivity index (χ1) is 17.2. The van der Waals surface area contributed by atoms with Crippen LogP contribution in [0.5, 0.6) is 0 Å². The van der Waals surface area contributed by atoms with Gasteiger partial charge in [0.05, 0.1) is 23.3 Å². The number of carboxylic acid groups (broad SMARTS) is 1. The fourth-order valence-corrected chi connectivity index (χ4v) is 5.62. The first-order valence-electron chi connectivity index (χ1n) is 11.9. The molecule has 2 atom stereocenters. The number of aryl methyl sites for hydroxylation is 3. The summed E-state index contributed by atoms with van der Waals surface area (Å²) in [6.07, 6.45) is 1.81. The van der Waals surface area contributed by atoms with Crippen LogP contribution in [-0.2, 0) is 0 Å². The maximum atomic E-state index is 11.3. The summed E-state index contributed by atoms with van der Waals surface area (Å²) < 4.78 is 2.16. The second-order valence-electron chi connectivity index (χ2n) is 9.36. The molecular formula is C29H28N4O2S. The van der Waals surface area contributed by atoms with Gasteiger partial charge in [0.15, 0.2) is 5.11 Å². The van der Waals surface area contributed by atoms with Crippen molar-refractivity contribution in [3.05, 3.63) is 112 Å². The van der Waals surface area contributed by atoms with Crippen molar-refractivity contribution in [1.82, 2.24) is 14.9 Å². The van der Waals surface area contributed by atoms with Gasteiger partial charge in [-0.15, -0.1) is 0 Å². The van der Waals surface area contributed by atoms with Gasteiger partial charge in [0.25, 0.3) is 0 Å². The summed E-state index contributed by atoms with van der Waals surface area (Å²) in [5.74, 6) is -0.934. The van der Waals surface area contributed by atoms with E-state index >= 15 is 0 Å². The Morgan fingerprint density at radius 3 is 2.25 bits per heavy atom. The SMILES string of the molecule is Cc1cc(C)cc(N2C(=S)N[C@@H](c3ccccn3)[C@@H]2c2cc(C)n(-c3ccc(C(=O)O)cc3)c2C)c1. The van der Waals surface area contributed by atoms with Crippen LogP contribution in [0, 0.1) is 27.7 Å². The molecule has 2 aromatic carbocycles. The number of nitrogens with zero attached hydrogens (tertiary/aromatic N) is 3. The molecule has 1 fully saturated rings. The number of carboxylic acids is 1. The number of carbonyl (C=O) groups is 1. The van der Waals surface area contributed by atoms with E-state index < -0.39 is 5.97 Å². The van der Waals surface area contributed by atoms with Crippen LogP contribution < -0.4 is 10.2 Å². The number of anilines is 1. The van der Waals surface area contributed by atoms with Gasteiger partial charge in [0.1, 0.15) is 0 Å². The van der Waals surface area contributed by atoms with Crippen molar-refractivity contribution in [1.29, 1.82) is 0 Å². The highest BCUT2D eigenvalue weighted by Gasteiger charge is 2.42. The highest BCUT2D eigenvalue weighted by molar-refractivity contribution is 7.80. The van der Waals surface area contributed by atoms with Crippen LogP contribution in [0.2, 0.25) is 0 Å². The van der Waals surface area contributed by atoms with E-state index in [1.165, 1.54) is 11.1 Å². The number of aromatic nitrogens is 2. The van der Waals surface area contributed by atoms with E-state index in [9.17, 15) is 9.90 Å². The number of nitrogens with one attached hydrogen (secondary N) is 1. The monoisotopic (exact) mass is 496 g/mol. The number of aromatic carboxylic acids is 1. The van der Waals surface area contributed by atoms with Gasteiger partial charge >= 0.3 is 5.97 Å².